The molecule has 0 aliphatic rings. The molecular weight excluding hydrogens is 320 g/mol. The van der Waals surface area contributed by atoms with Crippen LogP contribution in [0, 0.1) is 0 Å². The van der Waals surface area contributed by atoms with Crippen molar-refractivity contribution in [3.05, 3.63) is 58.3 Å². The summed E-state index contributed by atoms with van der Waals surface area (Å²) in [6, 6.07) is 12.0. The maximum absolute atomic E-state index is 5.80. The van der Waals surface area contributed by atoms with Gasteiger partial charge in [-0.3, -0.25) is 0 Å². The van der Waals surface area contributed by atoms with E-state index in [0.717, 1.165) is 5.76 Å². The van der Waals surface area contributed by atoms with E-state index < -0.39 is 0 Å². The Hall–Kier alpha value is -0.770. The lowest BCUT2D eigenvalue weighted by atomic mass is 10.1. The van der Waals surface area contributed by atoms with E-state index in [0.29, 0.717) is 5.22 Å². The molecule has 1 nitrogen and oxygen atoms in total. The minimum atomic E-state index is 0.0474. The van der Waals surface area contributed by atoms with Gasteiger partial charge in [0, 0.05) is 4.70 Å². The smallest absolute Gasteiger partial charge is 0.193 e. The summed E-state index contributed by atoms with van der Waals surface area (Å²) >= 11 is 11.2. The standard InChI is InChI=1S/C13H8BrClOS/c14-13(10-5-6-12(15)16-10)9-7-17-11-4-2-1-3-8(9)11/h1-7,13H. The van der Waals surface area contributed by atoms with Gasteiger partial charge in [0.05, 0.1) is 4.83 Å². The molecule has 0 saturated heterocycles. The number of hydrogen-bond acceptors (Lipinski definition) is 2. The van der Waals surface area contributed by atoms with Crippen molar-refractivity contribution in [2.24, 2.45) is 0 Å². The topological polar surface area (TPSA) is 13.1 Å². The van der Waals surface area contributed by atoms with E-state index in [1.54, 1.807) is 17.4 Å². The van der Waals surface area contributed by atoms with Crippen LogP contribution in [-0.4, -0.2) is 0 Å². The van der Waals surface area contributed by atoms with Gasteiger partial charge in [-0.25, -0.2) is 0 Å². The van der Waals surface area contributed by atoms with Crippen LogP contribution in [0.4, 0.5) is 0 Å². The monoisotopic (exact) mass is 326 g/mol. The van der Waals surface area contributed by atoms with Gasteiger partial charge in [-0.1, -0.05) is 34.1 Å². The number of benzene rings is 1. The molecule has 0 saturated carbocycles. The zero-order valence-corrected chi connectivity index (χ0v) is 11.8. The van der Waals surface area contributed by atoms with Crippen LogP contribution >= 0.6 is 38.9 Å². The molecule has 86 valence electrons. The van der Waals surface area contributed by atoms with Crippen LogP contribution in [0.1, 0.15) is 16.2 Å². The van der Waals surface area contributed by atoms with Gasteiger partial charge < -0.3 is 4.42 Å². The highest BCUT2D eigenvalue weighted by Gasteiger charge is 2.17. The zero-order chi connectivity index (χ0) is 11.8. The number of furan rings is 1. The van der Waals surface area contributed by atoms with Crippen LogP contribution in [0.5, 0.6) is 0 Å². The van der Waals surface area contributed by atoms with E-state index in [9.17, 15) is 0 Å². The summed E-state index contributed by atoms with van der Waals surface area (Å²) < 4.78 is 6.72. The van der Waals surface area contributed by atoms with Crippen LogP contribution in [0.2, 0.25) is 5.22 Å². The summed E-state index contributed by atoms with van der Waals surface area (Å²) in [7, 11) is 0. The third-order valence-corrected chi connectivity index (χ3v) is 4.76. The number of halogens is 2. The Bertz CT molecular complexity index is 658. The van der Waals surface area contributed by atoms with Gasteiger partial charge in [0.2, 0.25) is 0 Å². The molecule has 0 radical (unpaired) electrons. The van der Waals surface area contributed by atoms with Crippen molar-refractivity contribution in [2.75, 3.05) is 0 Å². The van der Waals surface area contributed by atoms with Gasteiger partial charge in [-0.15, -0.1) is 11.3 Å². The van der Waals surface area contributed by atoms with Gasteiger partial charge in [0.1, 0.15) is 5.76 Å². The first-order valence-electron chi connectivity index (χ1n) is 5.11. The van der Waals surface area contributed by atoms with Crippen LogP contribution < -0.4 is 0 Å². The number of hydrogen-bond donors (Lipinski definition) is 0. The predicted molar refractivity (Wildman–Crippen MR) is 76.3 cm³/mol. The fraction of sp³-hybridized carbons (Fsp3) is 0.0769. The van der Waals surface area contributed by atoms with Gasteiger partial charge in [0.25, 0.3) is 0 Å². The molecule has 1 atom stereocenters. The maximum atomic E-state index is 5.80. The molecule has 0 aliphatic carbocycles. The molecule has 0 amide bonds. The van der Waals surface area contributed by atoms with Crippen LogP contribution in [0.25, 0.3) is 10.1 Å². The highest BCUT2D eigenvalue weighted by Crippen LogP contribution is 2.39. The average molecular weight is 328 g/mol. The van der Waals surface area contributed by atoms with Crippen molar-refractivity contribution in [3.8, 4) is 0 Å². The molecular formula is C13H8BrClOS. The number of thiophene rings is 1. The lowest BCUT2D eigenvalue weighted by molar-refractivity contribution is 0.522. The van der Waals surface area contributed by atoms with E-state index in [4.69, 9.17) is 16.0 Å². The average Bonchev–Trinajstić information content (AvgIpc) is 2.94. The largest absolute Gasteiger partial charge is 0.448 e. The second kappa shape index (κ2) is 4.48. The van der Waals surface area contributed by atoms with Gasteiger partial charge in [-0.05, 0) is 46.1 Å². The third kappa shape index (κ3) is 2.03. The Morgan fingerprint density at radius 3 is 2.76 bits per heavy atom. The molecule has 3 rings (SSSR count). The Kier molecular flexibility index (Phi) is 2.99. The summed E-state index contributed by atoms with van der Waals surface area (Å²) in [4.78, 5) is 0.0474. The Morgan fingerprint density at radius 1 is 1.18 bits per heavy atom. The highest BCUT2D eigenvalue weighted by molar-refractivity contribution is 9.09. The predicted octanol–water partition coefficient (Wildman–Crippen LogP) is 5.63. The summed E-state index contributed by atoms with van der Waals surface area (Å²) in [6.45, 7) is 0. The molecule has 2 heterocycles. The van der Waals surface area contributed by atoms with Crippen LogP contribution in [0.15, 0.2) is 46.2 Å². The number of fused-ring (bicyclic) bond motifs is 1. The molecule has 4 heteroatoms. The summed E-state index contributed by atoms with van der Waals surface area (Å²) in [5.74, 6) is 0.832. The maximum Gasteiger partial charge on any atom is 0.193 e. The van der Waals surface area contributed by atoms with Gasteiger partial charge in [0.15, 0.2) is 5.22 Å². The first-order chi connectivity index (χ1) is 8.25. The fourth-order valence-corrected chi connectivity index (χ4v) is 3.75. The van der Waals surface area contributed by atoms with Crippen molar-refractivity contribution < 1.29 is 4.42 Å². The SMILES string of the molecule is Clc1ccc(C(Br)c2csc3ccccc23)o1. The molecule has 1 unspecified atom stereocenters. The molecule has 0 spiro atoms. The Labute approximate surface area is 116 Å². The quantitative estimate of drug-likeness (QED) is 0.556. The first-order valence-corrected chi connectivity index (χ1v) is 7.28. The van der Waals surface area contributed by atoms with Gasteiger partial charge in [-0.2, -0.15) is 0 Å². The molecule has 2 aromatic heterocycles. The molecule has 17 heavy (non-hydrogen) atoms. The molecule has 0 fully saturated rings. The van der Waals surface area contributed by atoms with Crippen molar-refractivity contribution >= 4 is 49.0 Å². The van der Waals surface area contributed by atoms with E-state index in [1.165, 1.54) is 15.6 Å². The first kappa shape index (κ1) is 11.3. The van der Waals surface area contributed by atoms with E-state index >= 15 is 0 Å². The normalized spacial score (nSPS) is 13.1. The minimum Gasteiger partial charge on any atom is -0.448 e. The minimum absolute atomic E-state index is 0.0474. The van der Waals surface area contributed by atoms with Crippen LogP contribution in [0.3, 0.4) is 0 Å². The Balaban J connectivity index is 2.09. The van der Waals surface area contributed by atoms with Crippen molar-refractivity contribution in [1.29, 1.82) is 0 Å². The second-order valence-electron chi connectivity index (χ2n) is 3.69. The second-order valence-corrected chi connectivity index (χ2v) is 5.89. The third-order valence-electron chi connectivity index (χ3n) is 2.63. The zero-order valence-electron chi connectivity index (χ0n) is 8.69. The van der Waals surface area contributed by atoms with Crippen molar-refractivity contribution in [1.82, 2.24) is 0 Å². The molecule has 0 N–H and O–H groups in total. The lowest BCUT2D eigenvalue weighted by Crippen LogP contribution is -1.88. The summed E-state index contributed by atoms with van der Waals surface area (Å²) in [5.41, 5.74) is 1.22. The van der Waals surface area contributed by atoms with Gasteiger partial charge >= 0.3 is 0 Å². The summed E-state index contributed by atoms with van der Waals surface area (Å²) in [5, 5.41) is 3.83. The van der Waals surface area contributed by atoms with E-state index in [-0.39, 0.29) is 4.83 Å². The lowest BCUT2D eigenvalue weighted by Gasteiger charge is -2.05. The van der Waals surface area contributed by atoms with Crippen molar-refractivity contribution in [3.63, 3.8) is 0 Å². The van der Waals surface area contributed by atoms with Crippen LogP contribution in [-0.2, 0) is 0 Å². The Morgan fingerprint density at radius 2 is 2.00 bits per heavy atom. The highest BCUT2D eigenvalue weighted by atomic mass is 79.9. The molecule has 3 aromatic rings. The fourth-order valence-electron chi connectivity index (χ4n) is 1.81. The molecule has 1 aromatic carbocycles. The molecule has 0 bridgehead atoms. The molecule has 0 aliphatic heterocycles. The number of alkyl halides is 1. The van der Waals surface area contributed by atoms with Crippen molar-refractivity contribution in [2.45, 2.75) is 4.83 Å². The summed E-state index contributed by atoms with van der Waals surface area (Å²) in [6.07, 6.45) is 0. The van der Waals surface area contributed by atoms with E-state index in [1.807, 2.05) is 12.1 Å². The number of rotatable bonds is 2. The van der Waals surface area contributed by atoms with E-state index in [2.05, 4.69) is 39.5 Å².